The lowest BCUT2D eigenvalue weighted by Crippen LogP contribution is -2.28. The average molecular weight is 278 g/mol. The van der Waals surface area contributed by atoms with Gasteiger partial charge in [-0.3, -0.25) is 4.68 Å². The number of nitrogens with zero attached hydrogens (tertiary/aromatic N) is 2. The van der Waals surface area contributed by atoms with E-state index >= 15 is 0 Å². The van der Waals surface area contributed by atoms with E-state index in [2.05, 4.69) is 22.7 Å². The number of benzene rings is 1. The fraction of sp³-hybridized carbons (Fsp3) is 0.400. The molecule has 0 aliphatic rings. The maximum absolute atomic E-state index is 6.02. The summed E-state index contributed by atoms with van der Waals surface area (Å²) in [6.07, 6.45) is 7.14. The third-order valence-corrected chi connectivity index (χ3v) is 3.55. The molecule has 0 bridgehead atoms. The zero-order chi connectivity index (χ0) is 13.7. The van der Waals surface area contributed by atoms with Gasteiger partial charge in [-0.25, -0.2) is 0 Å². The zero-order valence-corrected chi connectivity index (χ0v) is 12.2. The van der Waals surface area contributed by atoms with Crippen LogP contribution in [0, 0.1) is 0 Å². The Bertz CT molecular complexity index is 522. The number of rotatable bonds is 6. The molecule has 0 fully saturated rings. The highest BCUT2D eigenvalue weighted by atomic mass is 35.5. The molecule has 3 nitrogen and oxygen atoms in total. The number of hydrogen-bond acceptors (Lipinski definition) is 2. The number of aryl methyl sites for hydroxylation is 2. The first kappa shape index (κ1) is 14.1. The molecule has 0 radical (unpaired) electrons. The lowest BCUT2D eigenvalue weighted by atomic mass is 10.0. The normalized spacial score (nSPS) is 12.6. The van der Waals surface area contributed by atoms with Crippen molar-refractivity contribution in [3.8, 4) is 0 Å². The van der Waals surface area contributed by atoms with E-state index in [0.29, 0.717) is 6.04 Å². The van der Waals surface area contributed by atoms with Gasteiger partial charge in [0.25, 0.3) is 0 Å². The summed E-state index contributed by atoms with van der Waals surface area (Å²) < 4.78 is 1.85. The summed E-state index contributed by atoms with van der Waals surface area (Å²) in [6.45, 7) is 0. The summed E-state index contributed by atoms with van der Waals surface area (Å²) in [5, 5.41) is 8.38. The van der Waals surface area contributed by atoms with Crippen molar-refractivity contribution < 1.29 is 0 Å². The van der Waals surface area contributed by atoms with E-state index in [4.69, 9.17) is 11.6 Å². The number of aromatic nitrogens is 2. The second-order valence-electron chi connectivity index (χ2n) is 4.88. The molecule has 0 saturated carbocycles. The zero-order valence-electron chi connectivity index (χ0n) is 11.4. The molecule has 1 N–H and O–H groups in total. The van der Waals surface area contributed by atoms with Gasteiger partial charge < -0.3 is 5.32 Å². The third-order valence-electron chi connectivity index (χ3n) is 3.32. The van der Waals surface area contributed by atoms with Crippen LogP contribution in [0.4, 0.5) is 0 Å². The van der Waals surface area contributed by atoms with Crippen molar-refractivity contribution in [1.82, 2.24) is 15.1 Å². The summed E-state index contributed by atoms with van der Waals surface area (Å²) in [7, 11) is 3.96. The van der Waals surface area contributed by atoms with E-state index in [1.807, 2.05) is 43.2 Å². The van der Waals surface area contributed by atoms with Gasteiger partial charge in [0.1, 0.15) is 0 Å². The van der Waals surface area contributed by atoms with Crippen LogP contribution in [0.25, 0.3) is 0 Å². The first-order valence-corrected chi connectivity index (χ1v) is 6.94. The monoisotopic (exact) mass is 277 g/mol. The van der Waals surface area contributed by atoms with Crippen LogP contribution in [-0.4, -0.2) is 22.9 Å². The SMILES string of the molecule is CNC(CCc1cnn(C)c1)Cc1cccc(Cl)c1. The Hall–Kier alpha value is -1.32. The van der Waals surface area contributed by atoms with Gasteiger partial charge in [-0.1, -0.05) is 23.7 Å². The van der Waals surface area contributed by atoms with Crippen LogP contribution in [0.15, 0.2) is 36.7 Å². The topological polar surface area (TPSA) is 29.9 Å². The van der Waals surface area contributed by atoms with Crippen LogP contribution < -0.4 is 5.32 Å². The van der Waals surface area contributed by atoms with Crippen LogP contribution in [0.2, 0.25) is 5.02 Å². The molecule has 2 rings (SSSR count). The van der Waals surface area contributed by atoms with E-state index < -0.39 is 0 Å². The molecule has 1 atom stereocenters. The number of likely N-dealkylation sites (N-methyl/N-ethyl adjacent to an activating group) is 1. The van der Waals surface area contributed by atoms with Crippen molar-refractivity contribution in [3.63, 3.8) is 0 Å². The van der Waals surface area contributed by atoms with Gasteiger partial charge in [0.2, 0.25) is 0 Å². The predicted octanol–water partition coefficient (Wildman–Crippen LogP) is 2.84. The molecule has 102 valence electrons. The molecule has 0 aliphatic heterocycles. The highest BCUT2D eigenvalue weighted by Crippen LogP contribution is 2.14. The van der Waals surface area contributed by atoms with Crippen molar-refractivity contribution in [3.05, 3.63) is 52.8 Å². The van der Waals surface area contributed by atoms with Crippen LogP contribution in [0.3, 0.4) is 0 Å². The Morgan fingerprint density at radius 3 is 2.84 bits per heavy atom. The van der Waals surface area contributed by atoms with E-state index in [-0.39, 0.29) is 0 Å². The molecule has 19 heavy (non-hydrogen) atoms. The van der Waals surface area contributed by atoms with Gasteiger partial charge in [0, 0.05) is 24.3 Å². The average Bonchev–Trinajstić information content (AvgIpc) is 2.80. The number of halogens is 1. The first-order valence-electron chi connectivity index (χ1n) is 6.56. The van der Waals surface area contributed by atoms with Gasteiger partial charge in [-0.15, -0.1) is 0 Å². The molecule has 1 aromatic heterocycles. The summed E-state index contributed by atoms with van der Waals surface area (Å²) in [6, 6.07) is 8.54. The second-order valence-corrected chi connectivity index (χ2v) is 5.32. The molecule has 2 aromatic rings. The van der Waals surface area contributed by atoms with Crippen molar-refractivity contribution in [2.24, 2.45) is 7.05 Å². The fourth-order valence-electron chi connectivity index (χ4n) is 2.24. The standard InChI is InChI=1S/C15H20ClN3/c1-17-15(7-6-13-10-18-19(2)11-13)9-12-4-3-5-14(16)8-12/h3-5,8,10-11,15,17H,6-7,9H2,1-2H3. The van der Waals surface area contributed by atoms with Crippen molar-refractivity contribution in [2.45, 2.75) is 25.3 Å². The highest BCUT2D eigenvalue weighted by molar-refractivity contribution is 6.30. The Balaban J connectivity index is 1.89. The molecule has 4 heteroatoms. The fourth-order valence-corrected chi connectivity index (χ4v) is 2.45. The molecule has 1 aromatic carbocycles. The lowest BCUT2D eigenvalue weighted by molar-refractivity contribution is 0.520. The predicted molar refractivity (Wildman–Crippen MR) is 79.5 cm³/mol. The minimum Gasteiger partial charge on any atom is -0.317 e. The number of nitrogens with one attached hydrogen (secondary N) is 1. The maximum atomic E-state index is 6.02. The number of hydrogen-bond donors (Lipinski definition) is 1. The summed E-state index contributed by atoms with van der Waals surface area (Å²) >= 11 is 6.02. The Kier molecular flexibility index (Phi) is 5.00. The van der Waals surface area contributed by atoms with Crippen molar-refractivity contribution in [1.29, 1.82) is 0 Å². The first-order chi connectivity index (χ1) is 9.17. The van der Waals surface area contributed by atoms with Gasteiger partial charge in [-0.2, -0.15) is 5.10 Å². The quantitative estimate of drug-likeness (QED) is 0.880. The highest BCUT2D eigenvalue weighted by Gasteiger charge is 2.08. The molecular formula is C15H20ClN3. The molecule has 0 amide bonds. The molecule has 1 unspecified atom stereocenters. The van der Waals surface area contributed by atoms with Gasteiger partial charge in [0.05, 0.1) is 6.20 Å². The molecule has 0 aliphatic carbocycles. The second kappa shape index (κ2) is 6.73. The van der Waals surface area contributed by atoms with Crippen LogP contribution in [-0.2, 0) is 19.9 Å². The minimum atomic E-state index is 0.457. The summed E-state index contributed by atoms with van der Waals surface area (Å²) in [5.41, 5.74) is 2.56. The maximum Gasteiger partial charge on any atom is 0.0521 e. The summed E-state index contributed by atoms with van der Waals surface area (Å²) in [4.78, 5) is 0. The van der Waals surface area contributed by atoms with Crippen molar-refractivity contribution >= 4 is 11.6 Å². The van der Waals surface area contributed by atoms with E-state index in [9.17, 15) is 0 Å². The molecule has 0 saturated heterocycles. The van der Waals surface area contributed by atoms with E-state index in [1.54, 1.807) is 0 Å². The largest absolute Gasteiger partial charge is 0.317 e. The van der Waals surface area contributed by atoms with Gasteiger partial charge in [0.15, 0.2) is 0 Å². The molecule has 0 spiro atoms. The van der Waals surface area contributed by atoms with E-state index in [0.717, 1.165) is 24.3 Å². The smallest absolute Gasteiger partial charge is 0.0521 e. The molecule has 1 heterocycles. The van der Waals surface area contributed by atoms with Crippen LogP contribution in [0.5, 0.6) is 0 Å². The Labute approximate surface area is 119 Å². The Morgan fingerprint density at radius 1 is 1.37 bits per heavy atom. The van der Waals surface area contributed by atoms with Crippen LogP contribution in [0.1, 0.15) is 17.5 Å². The minimum absolute atomic E-state index is 0.457. The van der Waals surface area contributed by atoms with Crippen LogP contribution >= 0.6 is 11.6 Å². The third kappa shape index (κ3) is 4.37. The van der Waals surface area contributed by atoms with Gasteiger partial charge >= 0.3 is 0 Å². The lowest BCUT2D eigenvalue weighted by Gasteiger charge is -2.16. The Morgan fingerprint density at radius 2 is 2.21 bits per heavy atom. The van der Waals surface area contributed by atoms with Crippen molar-refractivity contribution in [2.75, 3.05) is 7.05 Å². The van der Waals surface area contributed by atoms with E-state index in [1.165, 1.54) is 11.1 Å². The van der Waals surface area contributed by atoms with Gasteiger partial charge in [-0.05, 0) is 49.6 Å². The summed E-state index contributed by atoms with van der Waals surface area (Å²) in [5.74, 6) is 0. The molecular weight excluding hydrogens is 258 g/mol.